The fourth-order valence-electron chi connectivity index (χ4n) is 4.14. The number of nitrogens with zero attached hydrogens (tertiary/aromatic N) is 2. The first kappa shape index (κ1) is 21.1. The van der Waals surface area contributed by atoms with Gasteiger partial charge in [-0.05, 0) is 24.3 Å². The van der Waals surface area contributed by atoms with E-state index in [1.54, 1.807) is 49.7 Å². The van der Waals surface area contributed by atoms with Crippen molar-refractivity contribution in [2.75, 3.05) is 12.4 Å². The largest absolute Gasteiger partial charge is 0.497 e. The van der Waals surface area contributed by atoms with E-state index in [4.69, 9.17) is 4.74 Å². The van der Waals surface area contributed by atoms with Gasteiger partial charge in [0.1, 0.15) is 17.6 Å². The maximum absolute atomic E-state index is 14.9. The Hall–Kier alpha value is -4.76. The Kier molecular flexibility index (Phi) is 5.36. The molecular formula is C28H18FN3O2. The molecule has 0 unspecified atom stereocenters. The van der Waals surface area contributed by atoms with Crippen molar-refractivity contribution in [3.8, 4) is 34.2 Å². The third kappa shape index (κ3) is 3.50. The molecule has 0 saturated carbocycles. The van der Waals surface area contributed by atoms with Crippen molar-refractivity contribution in [2.45, 2.75) is 0 Å². The van der Waals surface area contributed by atoms with Crippen LogP contribution >= 0.6 is 0 Å². The number of ether oxygens (including phenoxy) is 1. The highest BCUT2D eigenvalue weighted by Crippen LogP contribution is 2.43. The smallest absolute Gasteiger partial charge is 0.196 e. The first-order valence-corrected chi connectivity index (χ1v) is 10.6. The van der Waals surface area contributed by atoms with Gasteiger partial charge in [0.25, 0.3) is 0 Å². The molecule has 1 aromatic heterocycles. The maximum Gasteiger partial charge on any atom is 0.196 e. The van der Waals surface area contributed by atoms with Gasteiger partial charge >= 0.3 is 0 Å². The molecule has 0 aliphatic heterocycles. The molecule has 3 aromatic carbocycles. The highest BCUT2D eigenvalue weighted by Gasteiger charge is 2.34. The topological polar surface area (TPSA) is 75.0 Å². The lowest BCUT2D eigenvalue weighted by atomic mass is 9.92. The molecule has 0 radical (unpaired) electrons. The van der Waals surface area contributed by atoms with E-state index in [0.29, 0.717) is 28.3 Å². The SMILES string of the molecule is COc1cccc(N/C=C/c2nc3c(c(-c4ccccc4F)c2C#N)C(=O)c2ccccc2-3)c1. The van der Waals surface area contributed by atoms with Crippen LogP contribution in [0.5, 0.6) is 5.75 Å². The number of carbonyl (C=O) groups excluding carboxylic acids is 1. The van der Waals surface area contributed by atoms with Gasteiger partial charge in [0.2, 0.25) is 0 Å². The lowest BCUT2D eigenvalue weighted by molar-refractivity contribution is 0.104. The maximum atomic E-state index is 14.9. The molecule has 1 aliphatic rings. The summed E-state index contributed by atoms with van der Waals surface area (Å²) in [6.07, 6.45) is 3.30. The fraction of sp³-hybridized carbons (Fsp3) is 0.0357. The van der Waals surface area contributed by atoms with Crippen LogP contribution in [0.15, 0.2) is 79.0 Å². The minimum absolute atomic E-state index is 0.133. The molecule has 0 amide bonds. The van der Waals surface area contributed by atoms with Crippen molar-refractivity contribution in [2.24, 2.45) is 0 Å². The average molecular weight is 447 g/mol. The van der Waals surface area contributed by atoms with Crippen LogP contribution in [0.1, 0.15) is 27.2 Å². The normalized spacial score (nSPS) is 11.7. The van der Waals surface area contributed by atoms with Crippen LogP contribution in [0.4, 0.5) is 10.1 Å². The fourth-order valence-corrected chi connectivity index (χ4v) is 4.14. The summed E-state index contributed by atoms with van der Waals surface area (Å²) < 4.78 is 20.1. The van der Waals surface area contributed by atoms with Gasteiger partial charge < -0.3 is 10.1 Å². The lowest BCUT2D eigenvalue weighted by Gasteiger charge is -2.13. The number of ketones is 1. The number of pyridine rings is 1. The minimum Gasteiger partial charge on any atom is -0.497 e. The average Bonchev–Trinajstić information content (AvgIpc) is 3.15. The van der Waals surface area contributed by atoms with Crippen molar-refractivity contribution in [3.05, 3.63) is 107 Å². The second kappa shape index (κ2) is 8.64. The second-order valence-corrected chi connectivity index (χ2v) is 7.65. The summed E-state index contributed by atoms with van der Waals surface area (Å²) in [7, 11) is 1.59. The number of carbonyl (C=O) groups is 1. The van der Waals surface area contributed by atoms with Gasteiger partial charge in [-0.2, -0.15) is 5.26 Å². The van der Waals surface area contributed by atoms with E-state index in [1.807, 2.05) is 36.4 Å². The molecule has 34 heavy (non-hydrogen) atoms. The molecule has 5 nitrogen and oxygen atoms in total. The van der Waals surface area contributed by atoms with Crippen LogP contribution < -0.4 is 10.1 Å². The van der Waals surface area contributed by atoms with Crippen molar-refractivity contribution in [1.29, 1.82) is 5.26 Å². The van der Waals surface area contributed by atoms with Crippen LogP contribution in [-0.2, 0) is 0 Å². The molecule has 0 spiro atoms. The summed E-state index contributed by atoms with van der Waals surface area (Å²) in [6, 6.07) is 22.8. The Morgan fingerprint density at radius 2 is 1.71 bits per heavy atom. The predicted molar refractivity (Wildman–Crippen MR) is 129 cm³/mol. The van der Waals surface area contributed by atoms with Gasteiger partial charge in [-0.25, -0.2) is 9.37 Å². The third-order valence-electron chi connectivity index (χ3n) is 5.70. The van der Waals surface area contributed by atoms with Crippen molar-refractivity contribution >= 4 is 17.5 Å². The van der Waals surface area contributed by atoms with E-state index in [1.165, 1.54) is 6.07 Å². The number of hydrogen-bond acceptors (Lipinski definition) is 5. The molecule has 164 valence electrons. The molecule has 0 fully saturated rings. The van der Waals surface area contributed by atoms with Crippen LogP contribution in [-0.4, -0.2) is 17.9 Å². The molecule has 0 atom stereocenters. The summed E-state index contributed by atoms with van der Waals surface area (Å²) in [5.74, 6) is -0.0813. The summed E-state index contributed by atoms with van der Waals surface area (Å²) >= 11 is 0. The van der Waals surface area contributed by atoms with Crippen LogP contribution in [0, 0.1) is 17.1 Å². The minimum atomic E-state index is -0.513. The molecule has 5 rings (SSSR count). The Morgan fingerprint density at radius 1 is 0.971 bits per heavy atom. The van der Waals surface area contributed by atoms with E-state index in [9.17, 15) is 14.4 Å². The van der Waals surface area contributed by atoms with E-state index >= 15 is 0 Å². The quantitative estimate of drug-likeness (QED) is 0.354. The predicted octanol–water partition coefficient (Wildman–Crippen LogP) is 6.06. The first-order valence-electron chi connectivity index (χ1n) is 10.6. The number of halogens is 1. The van der Waals surface area contributed by atoms with Gasteiger partial charge in [0, 0.05) is 40.2 Å². The van der Waals surface area contributed by atoms with E-state index in [2.05, 4.69) is 16.4 Å². The zero-order chi connectivity index (χ0) is 23.7. The molecule has 1 N–H and O–H groups in total. The van der Waals surface area contributed by atoms with Crippen LogP contribution in [0.2, 0.25) is 0 Å². The van der Waals surface area contributed by atoms with Gasteiger partial charge in [-0.15, -0.1) is 0 Å². The number of benzene rings is 3. The van der Waals surface area contributed by atoms with Gasteiger partial charge in [0.05, 0.1) is 29.6 Å². The first-order chi connectivity index (χ1) is 16.6. The molecule has 6 heteroatoms. The molecule has 1 heterocycles. The Balaban J connectivity index is 1.69. The molecule has 0 saturated heterocycles. The second-order valence-electron chi connectivity index (χ2n) is 7.65. The monoisotopic (exact) mass is 447 g/mol. The third-order valence-corrected chi connectivity index (χ3v) is 5.70. The number of hydrogen-bond donors (Lipinski definition) is 1. The highest BCUT2D eigenvalue weighted by atomic mass is 19.1. The summed E-state index contributed by atoms with van der Waals surface area (Å²) in [5.41, 5.74) is 3.54. The molecule has 0 bridgehead atoms. The van der Waals surface area contributed by atoms with Crippen molar-refractivity contribution in [1.82, 2.24) is 4.98 Å². The number of aromatic nitrogens is 1. The van der Waals surface area contributed by atoms with E-state index in [-0.39, 0.29) is 28.0 Å². The van der Waals surface area contributed by atoms with Crippen LogP contribution in [0.3, 0.4) is 0 Å². The molecule has 1 aliphatic carbocycles. The van der Waals surface area contributed by atoms with E-state index in [0.717, 1.165) is 5.69 Å². The zero-order valence-corrected chi connectivity index (χ0v) is 18.2. The molecule has 4 aromatic rings. The Morgan fingerprint density at radius 3 is 2.44 bits per heavy atom. The summed E-state index contributed by atoms with van der Waals surface area (Å²) in [4.78, 5) is 18.0. The number of methoxy groups -OCH3 is 1. The number of nitriles is 1. The van der Waals surface area contributed by atoms with Gasteiger partial charge in [0.15, 0.2) is 5.78 Å². The van der Waals surface area contributed by atoms with Crippen LogP contribution in [0.25, 0.3) is 28.5 Å². The summed E-state index contributed by atoms with van der Waals surface area (Å²) in [6.45, 7) is 0. The standard InChI is InChI=1S/C28H18FN3O2/c1-34-18-8-6-7-17(15-18)31-14-13-24-22(16-30)25(21-11-4-5-12-23(21)29)26-27(32-24)19-9-2-3-10-20(19)28(26)33/h2-15,31H,1H3/b14-13+. The number of fused-ring (bicyclic) bond motifs is 3. The number of rotatable bonds is 5. The Labute approximate surface area is 195 Å². The van der Waals surface area contributed by atoms with Gasteiger partial charge in [-0.1, -0.05) is 48.5 Å². The zero-order valence-electron chi connectivity index (χ0n) is 18.2. The number of nitrogens with one attached hydrogen (secondary N) is 1. The number of anilines is 1. The van der Waals surface area contributed by atoms with Crippen molar-refractivity contribution in [3.63, 3.8) is 0 Å². The van der Waals surface area contributed by atoms with Crippen molar-refractivity contribution < 1.29 is 13.9 Å². The Bertz CT molecular complexity index is 1520. The van der Waals surface area contributed by atoms with Gasteiger partial charge in [-0.3, -0.25) is 4.79 Å². The summed E-state index contributed by atoms with van der Waals surface area (Å²) in [5, 5.41) is 13.2. The molecular weight excluding hydrogens is 429 g/mol. The van der Waals surface area contributed by atoms with E-state index < -0.39 is 5.82 Å². The lowest BCUT2D eigenvalue weighted by Crippen LogP contribution is -2.05. The highest BCUT2D eigenvalue weighted by molar-refractivity contribution is 6.24.